The van der Waals surface area contributed by atoms with Crippen LogP contribution in [-0.2, 0) is 30.5 Å². The minimum absolute atomic E-state index is 0.0931. The van der Waals surface area contributed by atoms with Crippen molar-refractivity contribution in [3.8, 4) is 0 Å². The van der Waals surface area contributed by atoms with Crippen LogP contribution in [0, 0.1) is 0 Å². The van der Waals surface area contributed by atoms with Gasteiger partial charge in [-0.05, 0) is 57.2 Å². The smallest absolute Gasteiger partial charge is 0.317 e. The van der Waals surface area contributed by atoms with Crippen molar-refractivity contribution >= 4 is 35.8 Å². The number of rotatable bonds is 23. The fraction of sp³-hybridized carbons (Fsp3) is 0.593. The Labute approximate surface area is 243 Å². The predicted molar refractivity (Wildman–Crippen MR) is 148 cm³/mol. The molecule has 0 fully saturated rings. The largest absolute Gasteiger partial charge is 0.481 e. The molecule has 3 amide bonds. The van der Waals surface area contributed by atoms with E-state index in [0.717, 1.165) is 5.69 Å². The van der Waals surface area contributed by atoms with Crippen LogP contribution >= 0.6 is 0 Å². The first-order valence-electron chi connectivity index (χ1n) is 13.8. The first-order valence-corrected chi connectivity index (χ1v) is 13.8. The van der Waals surface area contributed by atoms with Crippen LogP contribution in [0.2, 0.25) is 0 Å². The molecule has 0 bridgehead atoms. The average Bonchev–Trinajstić information content (AvgIpc) is 2.89. The number of aliphatic carboxylic acids is 4. The van der Waals surface area contributed by atoms with Gasteiger partial charge in [0.25, 0.3) is 0 Å². The molecule has 0 aliphatic carbocycles. The molecule has 1 aromatic heterocycles. The van der Waals surface area contributed by atoms with Gasteiger partial charge in [0, 0.05) is 44.2 Å². The number of carboxylic acid groups (broad SMARTS) is 4. The molecule has 1 aromatic rings. The normalized spacial score (nSPS) is 12.2. The molecule has 0 saturated heterocycles. The number of unbranched alkanes of at least 4 members (excludes halogenated alkanes) is 2. The molecule has 0 saturated carbocycles. The van der Waals surface area contributed by atoms with Crippen molar-refractivity contribution in [3.05, 3.63) is 30.1 Å². The Morgan fingerprint density at radius 3 is 2.00 bits per heavy atom. The number of amides is 3. The van der Waals surface area contributed by atoms with Crippen molar-refractivity contribution in [1.29, 1.82) is 0 Å². The van der Waals surface area contributed by atoms with Gasteiger partial charge in [-0.2, -0.15) is 0 Å². The summed E-state index contributed by atoms with van der Waals surface area (Å²) in [6, 6.07) is 2.97. The number of nitrogens with one attached hydrogen (secondary N) is 3. The topological polar surface area (TPSA) is 236 Å². The van der Waals surface area contributed by atoms with E-state index in [4.69, 9.17) is 20.4 Å². The zero-order chi connectivity index (χ0) is 31.3. The lowest BCUT2D eigenvalue weighted by Gasteiger charge is -2.21. The Hall–Kier alpha value is -4.27. The zero-order valence-corrected chi connectivity index (χ0v) is 23.5. The second-order valence-electron chi connectivity index (χ2n) is 9.87. The van der Waals surface area contributed by atoms with Gasteiger partial charge < -0.3 is 36.4 Å². The highest BCUT2D eigenvalue weighted by Gasteiger charge is 2.21. The van der Waals surface area contributed by atoms with Gasteiger partial charge in [0.15, 0.2) is 0 Å². The third kappa shape index (κ3) is 18.9. The quantitative estimate of drug-likeness (QED) is 0.0886. The number of hydrogen-bond donors (Lipinski definition) is 7. The lowest BCUT2D eigenvalue weighted by Crippen LogP contribution is -2.47. The third-order valence-corrected chi connectivity index (χ3v) is 6.12. The second-order valence-corrected chi connectivity index (χ2v) is 9.87. The number of pyridine rings is 1. The fourth-order valence-corrected chi connectivity index (χ4v) is 4.16. The summed E-state index contributed by atoms with van der Waals surface area (Å²) in [4.78, 5) is 74.6. The molecule has 0 aliphatic rings. The molecule has 15 heteroatoms. The summed E-state index contributed by atoms with van der Waals surface area (Å²) in [5.41, 5.74) is 0.760. The van der Waals surface area contributed by atoms with Crippen LogP contribution in [0.5, 0.6) is 0 Å². The van der Waals surface area contributed by atoms with Crippen molar-refractivity contribution in [2.45, 2.75) is 82.8 Å². The van der Waals surface area contributed by atoms with E-state index >= 15 is 0 Å². The number of aromatic nitrogens is 1. The number of hydrogen-bond acceptors (Lipinski definition) is 8. The van der Waals surface area contributed by atoms with Gasteiger partial charge in [-0.1, -0.05) is 6.07 Å². The molecule has 2 unspecified atom stereocenters. The summed E-state index contributed by atoms with van der Waals surface area (Å²) >= 11 is 0. The SMILES string of the molecule is O=C(O)CCC(CC(=O)O)NC(=O)NC(CCCCNC(=O)CCCCN(CC(=O)O)Cc1ccccn1)CC(=O)O. The summed E-state index contributed by atoms with van der Waals surface area (Å²) in [7, 11) is 0. The molecular weight excluding hydrogens is 554 g/mol. The third-order valence-electron chi connectivity index (χ3n) is 6.12. The highest BCUT2D eigenvalue weighted by Crippen LogP contribution is 2.08. The van der Waals surface area contributed by atoms with Gasteiger partial charge in [0.1, 0.15) is 0 Å². The number of urea groups is 1. The standard InChI is InChI=1S/C27H41N5O10/c33-22(9-3-6-14-32(18-26(40)41)17-21-8-2-4-12-28-21)29-13-5-1-7-19(15-24(36)37)30-27(42)31-20(16-25(38)39)10-11-23(34)35/h2,4,8,12,19-20H,1,3,5-7,9-11,13-18H2,(H,29,33)(H,34,35)(H,36,37)(H,38,39)(H,40,41)(H2,30,31,42). The molecule has 0 aliphatic heterocycles. The molecule has 0 spiro atoms. The van der Waals surface area contributed by atoms with Crippen LogP contribution in [0.15, 0.2) is 24.4 Å². The van der Waals surface area contributed by atoms with Crippen LogP contribution in [0.3, 0.4) is 0 Å². The first-order chi connectivity index (χ1) is 19.9. The van der Waals surface area contributed by atoms with Crippen molar-refractivity contribution in [2.24, 2.45) is 0 Å². The molecule has 42 heavy (non-hydrogen) atoms. The Morgan fingerprint density at radius 2 is 1.43 bits per heavy atom. The fourth-order valence-electron chi connectivity index (χ4n) is 4.16. The van der Waals surface area contributed by atoms with Crippen molar-refractivity contribution in [2.75, 3.05) is 19.6 Å². The molecular formula is C27H41N5O10. The summed E-state index contributed by atoms with van der Waals surface area (Å²) in [5.74, 6) is -4.58. The summed E-state index contributed by atoms with van der Waals surface area (Å²) in [6.07, 6.45) is 3.16. The number of carbonyl (C=O) groups is 6. The Balaban J connectivity index is 2.35. The van der Waals surface area contributed by atoms with Crippen molar-refractivity contribution in [1.82, 2.24) is 25.8 Å². The number of carbonyl (C=O) groups excluding carboxylic acids is 2. The molecule has 15 nitrogen and oxygen atoms in total. The first kappa shape index (κ1) is 35.8. The molecule has 234 valence electrons. The second kappa shape index (κ2) is 20.6. The maximum atomic E-state index is 12.3. The van der Waals surface area contributed by atoms with Crippen LogP contribution in [0.4, 0.5) is 4.79 Å². The monoisotopic (exact) mass is 595 g/mol. The van der Waals surface area contributed by atoms with Crippen LogP contribution < -0.4 is 16.0 Å². The summed E-state index contributed by atoms with van der Waals surface area (Å²) < 4.78 is 0. The Bertz CT molecular complexity index is 1020. The molecule has 7 N–H and O–H groups in total. The van der Waals surface area contributed by atoms with Gasteiger partial charge in [-0.25, -0.2) is 4.79 Å². The van der Waals surface area contributed by atoms with Crippen molar-refractivity contribution in [3.63, 3.8) is 0 Å². The Morgan fingerprint density at radius 1 is 0.762 bits per heavy atom. The van der Waals surface area contributed by atoms with Crippen LogP contribution in [0.25, 0.3) is 0 Å². The number of carboxylic acids is 4. The lowest BCUT2D eigenvalue weighted by atomic mass is 10.1. The maximum Gasteiger partial charge on any atom is 0.317 e. The van der Waals surface area contributed by atoms with E-state index < -0.39 is 48.4 Å². The molecule has 1 heterocycles. The van der Waals surface area contributed by atoms with Gasteiger partial charge in [0.05, 0.1) is 25.1 Å². The summed E-state index contributed by atoms with van der Waals surface area (Å²) in [6.45, 7) is 1.12. The van der Waals surface area contributed by atoms with E-state index in [9.17, 15) is 28.8 Å². The van der Waals surface area contributed by atoms with E-state index in [1.807, 2.05) is 12.1 Å². The van der Waals surface area contributed by atoms with E-state index in [2.05, 4.69) is 20.9 Å². The molecule has 2 atom stereocenters. The lowest BCUT2D eigenvalue weighted by molar-refractivity contribution is -0.139. The minimum Gasteiger partial charge on any atom is -0.481 e. The number of nitrogens with zero attached hydrogens (tertiary/aromatic N) is 2. The predicted octanol–water partition coefficient (Wildman–Crippen LogP) is 1.28. The van der Waals surface area contributed by atoms with Crippen LogP contribution in [0.1, 0.15) is 69.9 Å². The van der Waals surface area contributed by atoms with Gasteiger partial charge in [0.2, 0.25) is 5.91 Å². The zero-order valence-electron chi connectivity index (χ0n) is 23.5. The average molecular weight is 596 g/mol. The molecule has 0 radical (unpaired) electrons. The van der Waals surface area contributed by atoms with E-state index in [1.54, 1.807) is 17.2 Å². The van der Waals surface area contributed by atoms with Crippen molar-refractivity contribution < 1.29 is 49.2 Å². The highest BCUT2D eigenvalue weighted by atomic mass is 16.4. The maximum absolute atomic E-state index is 12.3. The highest BCUT2D eigenvalue weighted by molar-refractivity contribution is 5.77. The van der Waals surface area contributed by atoms with E-state index in [-0.39, 0.29) is 38.1 Å². The van der Waals surface area contributed by atoms with Gasteiger partial charge in [-0.3, -0.25) is 33.9 Å². The van der Waals surface area contributed by atoms with Gasteiger partial charge >= 0.3 is 29.9 Å². The van der Waals surface area contributed by atoms with E-state index in [1.165, 1.54) is 0 Å². The Kier molecular flexibility index (Phi) is 17.5. The molecule has 1 rings (SSSR count). The summed E-state index contributed by atoms with van der Waals surface area (Å²) in [5, 5.41) is 43.8. The van der Waals surface area contributed by atoms with Gasteiger partial charge in [-0.15, -0.1) is 0 Å². The van der Waals surface area contributed by atoms with E-state index in [0.29, 0.717) is 51.7 Å². The molecule has 0 aromatic carbocycles. The van der Waals surface area contributed by atoms with Crippen LogP contribution in [-0.4, -0.2) is 97.8 Å². The minimum atomic E-state index is -1.21.